The Morgan fingerprint density at radius 2 is 2.16 bits per heavy atom. The number of carbonyl (C=O) groups is 1. The van der Waals surface area contributed by atoms with Crippen LogP contribution in [0.3, 0.4) is 0 Å². The Kier molecular flexibility index (Phi) is 5.01. The zero-order chi connectivity index (χ0) is 13.7. The molecule has 0 saturated carbocycles. The molecule has 0 amide bonds. The van der Waals surface area contributed by atoms with E-state index in [1.165, 1.54) is 0 Å². The van der Waals surface area contributed by atoms with Gasteiger partial charge in [0, 0.05) is 25.3 Å². The van der Waals surface area contributed by atoms with Crippen LogP contribution in [0.25, 0.3) is 0 Å². The molecule has 0 radical (unpaired) electrons. The van der Waals surface area contributed by atoms with Crippen LogP contribution in [-0.4, -0.2) is 50.3 Å². The highest BCUT2D eigenvalue weighted by atomic mass is 35.5. The van der Waals surface area contributed by atoms with Gasteiger partial charge in [0.2, 0.25) is 0 Å². The Morgan fingerprint density at radius 1 is 1.42 bits per heavy atom. The molecule has 1 aliphatic rings. The van der Waals surface area contributed by atoms with Crippen LogP contribution in [0.15, 0.2) is 18.2 Å². The first-order valence-electron chi connectivity index (χ1n) is 6.19. The fourth-order valence-electron chi connectivity index (χ4n) is 1.87. The van der Waals surface area contributed by atoms with Crippen LogP contribution in [0, 0.1) is 0 Å². The van der Waals surface area contributed by atoms with Crippen LogP contribution in [0.2, 0.25) is 5.02 Å². The Bertz CT molecular complexity index is 448. The predicted octanol–water partition coefficient (Wildman–Crippen LogP) is 1.41. The van der Waals surface area contributed by atoms with Gasteiger partial charge in [0.15, 0.2) is 0 Å². The summed E-state index contributed by atoms with van der Waals surface area (Å²) in [5.74, 6) is -0.418. The summed E-state index contributed by atoms with van der Waals surface area (Å²) in [6.07, 6.45) is 0. The van der Waals surface area contributed by atoms with Crippen molar-refractivity contribution in [3.8, 4) is 0 Å². The fraction of sp³-hybridized carbons (Fsp3) is 0.462. The highest BCUT2D eigenvalue weighted by molar-refractivity contribution is 6.33. The lowest BCUT2D eigenvalue weighted by Gasteiger charge is -2.26. The standard InChI is InChI=1S/C13H17ClN2O3/c14-12-9-10(15)1-2-11(12)13(17)19-8-5-16-3-6-18-7-4-16/h1-2,9H,3-8,15H2. The summed E-state index contributed by atoms with van der Waals surface area (Å²) in [6.45, 7) is 4.27. The molecule has 0 spiro atoms. The number of morpholine rings is 1. The molecule has 2 N–H and O–H groups in total. The van der Waals surface area contributed by atoms with Gasteiger partial charge < -0.3 is 15.2 Å². The summed E-state index contributed by atoms with van der Waals surface area (Å²) < 4.78 is 10.4. The number of rotatable bonds is 4. The lowest BCUT2D eigenvalue weighted by molar-refractivity contribution is 0.0195. The summed E-state index contributed by atoms with van der Waals surface area (Å²) >= 11 is 5.94. The second-order valence-electron chi connectivity index (χ2n) is 4.33. The van der Waals surface area contributed by atoms with Gasteiger partial charge in [-0.15, -0.1) is 0 Å². The number of nitrogen functional groups attached to an aromatic ring is 1. The van der Waals surface area contributed by atoms with E-state index in [9.17, 15) is 4.79 Å². The van der Waals surface area contributed by atoms with Crippen LogP contribution >= 0.6 is 11.6 Å². The molecular weight excluding hydrogens is 268 g/mol. The maximum Gasteiger partial charge on any atom is 0.339 e. The molecule has 0 aliphatic carbocycles. The fourth-order valence-corrected chi connectivity index (χ4v) is 2.13. The number of esters is 1. The molecule has 1 aromatic rings. The molecule has 1 fully saturated rings. The van der Waals surface area contributed by atoms with Gasteiger partial charge in [-0.25, -0.2) is 4.79 Å². The average Bonchev–Trinajstić information content (AvgIpc) is 2.39. The monoisotopic (exact) mass is 284 g/mol. The van der Waals surface area contributed by atoms with Crippen LogP contribution < -0.4 is 5.73 Å². The van der Waals surface area contributed by atoms with E-state index in [4.69, 9.17) is 26.8 Å². The van der Waals surface area contributed by atoms with Crippen molar-refractivity contribution >= 4 is 23.3 Å². The number of nitrogens with two attached hydrogens (primary N) is 1. The largest absolute Gasteiger partial charge is 0.461 e. The maximum atomic E-state index is 11.8. The number of carbonyl (C=O) groups excluding carboxylic acids is 1. The van der Waals surface area contributed by atoms with Crippen molar-refractivity contribution in [3.05, 3.63) is 28.8 Å². The zero-order valence-electron chi connectivity index (χ0n) is 10.6. The molecule has 1 aliphatic heterocycles. The van der Waals surface area contributed by atoms with Gasteiger partial charge in [0.05, 0.1) is 23.8 Å². The van der Waals surface area contributed by atoms with Crippen LogP contribution in [0.1, 0.15) is 10.4 Å². The molecule has 19 heavy (non-hydrogen) atoms. The van der Waals surface area contributed by atoms with Crippen molar-refractivity contribution in [1.29, 1.82) is 0 Å². The molecule has 1 aromatic carbocycles. The molecule has 2 rings (SSSR count). The van der Waals surface area contributed by atoms with E-state index in [1.54, 1.807) is 18.2 Å². The van der Waals surface area contributed by atoms with Crippen LogP contribution in [-0.2, 0) is 9.47 Å². The molecule has 1 saturated heterocycles. The number of benzene rings is 1. The van der Waals surface area contributed by atoms with E-state index >= 15 is 0 Å². The highest BCUT2D eigenvalue weighted by Crippen LogP contribution is 2.19. The summed E-state index contributed by atoms with van der Waals surface area (Å²) in [6, 6.07) is 4.75. The molecule has 0 bridgehead atoms. The van der Waals surface area contributed by atoms with E-state index in [-0.39, 0.29) is 0 Å². The Hall–Kier alpha value is -1.30. The highest BCUT2D eigenvalue weighted by Gasteiger charge is 2.14. The topological polar surface area (TPSA) is 64.8 Å². The Morgan fingerprint density at radius 3 is 2.84 bits per heavy atom. The normalized spacial score (nSPS) is 16.3. The van der Waals surface area contributed by atoms with Crippen LogP contribution in [0.5, 0.6) is 0 Å². The average molecular weight is 285 g/mol. The number of anilines is 1. The summed E-state index contributed by atoms with van der Waals surface area (Å²) in [7, 11) is 0. The van der Waals surface area contributed by atoms with Crippen molar-refractivity contribution in [1.82, 2.24) is 4.90 Å². The third-order valence-electron chi connectivity index (χ3n) is 2.96. The first-order valence-corrected chi connectivity index (χ1v) is 6.57. The lowest BCUT2D eigenvalue weighted by Crippen LogP contribution is -2.38. The molecule has 5 nitrogen and oxygen atoms in total. The Balaban J connectivity index is 1.80. The molecule has 0 unspecified atom stereocenters. The van der Waals surface area contributed by atoms with Gasteiger partial charge in [-0.05, 0) is 18.2 Å². The van der Waals surface area contributed by atoms with Crippen molar-refractivity contribution < 1.29 is 14.3 Å². The smallest absolute Gasteiger partial charge is 0.339 e. The first kappa shape index (κ1) is 14.1. The number of halogens is 1. The molecule has 1 heterocycles. The SMILES string of the molecule is Nc1ccc(C(=O)OCCN2CCOCC2)c(Cl)c1. The maximum absolute atomic E-state index is 11.8. The molecule has 0 atom stereocenters. The van der Waals surface area contributed by atoms with E-state index in [0.717, 1.165) is 26.3 Å². The molecular formula is C13H17ClN2O3. The van der Waals surface area contributed by atoms with Crippen molar-refractivity contribution in [3.63, 3.8) is 0 Å². The number of hydrogen-bond donors (Lipinski definition) is 1. The Labute approximate surface area is 117 Å². The van der Waals surface area contributed by atoms with Gasteiger partial charge >= 0.3 is 5.97 Å². The quantitative estimate of drug-likeness (QED) is 0.669. The third-order valence-corrected chi connectivity index (χ3v) is 3.27. The van der Waals surface area contributed by atoms with Gasteiger partial charge in [0.25, 0.3) is 0 Å². The van der Waals surface area contributed by atoms with Crippen LogP contribution in [0.4, 0.5) is 5.69 Å². The van der Waals surface area contributed by atoms with Crippen molar-refractivity contribution in [2.24, 2.45) is 0 Å². The predicted molar refractivity (Wildman–Crippen MR) is 73.4 cm³/mol. The van der Waals surface area contributed by atoms with E-state index < -0.39 is 5.97 Å². The van der Waals surface area contributed by atoms with Gasteiger partial charge in [-0.2, -0.15) is 0 Å². The second-order valence-corrected chi connectivity index (χ2v) is 4.74. The van der Waals surface area contributed by atoms with Gasteiger partial charge in [0.1, 0.15) is 6.61 Å². The molecule has 6 heteroatoms. The molecule has 104 valence electrons. The second kappa shape index (κ2) is 6.75. The van der Waals surface area contributed by atoms with E-state index in [2.05, 4.69) is 4.90 Å². The summed E-state index contributed by atoms with van der Waals surface area (Å²) in [4.78, 5) is 14.0. The minimum Gasteiger partial charge on any atom is -0.461 e. The van der Waals surface area contributed by atoms with E-state index in [0.29, 0.717) is 29.4 Å². The minimum absolute atomic E-state index is 0.316. The van der Waals surface area contributed by atoms with E-state index in [1.807, 2.05) is 0 Å². The lowest BCUT2D eigenvalue weighted by atomic mass is 10.2. The first-order chi connectivity index (χ1) is 9.16. The third kappa shape index (κ3) is 4.09. The molecule has 0 aromatic heterocycles. The number of hydrogen-bond acceptors (Lipinski definition) is 5. The van der Waals surface area contributed by atoms with Gasteiger partial charge in [-0.1, -0.05) is 11.6 Å². The number of nitrogens with zero attached hydrogens (tertiary/aromatic N) is 1. The van der Waals surface area contributed by atoms with Crippen molar-refractivity contribution in [2.75, 3.05) is 45.2 Å². The van der Waals surface area contributed by atoms with Crippen molar-refractivity contribution in [2.45, 2.75) is 0 Å². The zero-order valence-corrected chi connectivity index (χ0v) is 11.4. The summed E-state index contributed by atoms with van der Waals surface area (Å²) in [5.41, 5.74) is 6.44. The number of ether oxygens (including phenoxy) is 2. The summed E-state index contributed by atoms with van der Waals surface area (Å²) in [5, 5.41) is 0.316. The van der Waals surface area contributed by atoms with Gasteiger partial charge in [-0.3, -0.25) is 4.90 Å². The minimum atomic E-state index is -0.418.